The van der Waals surface area contributed by atoms with E-state index in [1.807, 2.05) is 0 Å². The molecule has 12 heavy (non-hydrogen) atoms. The van der Waals surface area contributed by atoms with Crippen LogP contribution >= 0.6 is 0 Å². The molecule has 4 heteroatoms. The molecular weight excluding hydrogens is 158 g/mol. The lowest BCUT2D eigenvalue weighted by atomic mass is 9.80. The number of nitrogens with one attached hydrogen (secondary N) is 1. The molecular formula is C8H15NO3. The highest BCUT2D eigenvalue weighted by molar-refractivity contribution is 5.88. The van der Waals surface area contributed by atoms with E-state index in [0.29, 0.717) is 6.61 Å². The molecule has 0 aliphatic heterocycles. The monoisotopic (exact) mass is 173 g/mol. The summed E-state index contributed by atoms with van der Waals surface area (Å²) in [7, 11) is 1.52. The first-order valence-corrected chi connectivity index (χ1v) is 3.68. The van der Waals surface area contributed by atoms with Crippen molar-refractivity contribution in [3.8, 4) is 0 Å². The van der Waals surface area contributed by atoms with Gasteiger partial charge in [-0.1, -0.05) is 13.8 Å². The van der Waals surface area contributed by atoms with Gasteiger partial charge in [0.2, 0.25) is 0 Å². The Balaban J connectivity index is 4.46. The van der Waals surface area contributed by atoms with E-state index in [1.165, 1.54) is 7.11 Å². The Labute approximate surface area is 72.0 Å². The third kappa shape index (κ3) is 2.62. The number of aliphatic carboxylic acids is 1. The molecule has 0 saturated heterocycles. The third-order valence-corrected chi connectivity index (χ3v) is 1.79. The normalized spacial score (nSPS) is 13.9. The lowest BCUT2D eigenvalue weighted by Gasteiger charge is -2.27. The quantitative estimate of drug-likeness (QED) is 0.609. The van der Waals surface area contributed by atoms with Gasteiger partial charge >= 0.3 is 5.97 Å². The van der Waals surface area contributed by atoms with Crippen molar-refractivity contribution < 1.29 is 14.6 Å². The van der Waals surface area contributed by atoms with Crippen molar-refractivity contribution in [2.75, 3.05) is 13.7 Å². The van der Waals surface area contributed by atoms with Crippen molar-refractivity contribution in [3.63, 3.8) is 0 Å². The molecule has 0 rings (SSSR count). The number of carbonyl (C=O) groups is 1. The Morgan fingerprint density at radius 2 is 2.25 bits per heavy atom. The molecule has 0 fully saturated rings. The minimum atomic E-state index is -0.980. The van der Waals surface area contributed by atoms with Gasteiger partial charge in [0, 0.05) is 18.7 Å². The van der Waals surface area contributed by atoms with Gasteiger partial charge in [-0.2, -0.15) is 0 Å². The summed E-state index contributed by atoms with van der Waals surface area (Å²) in [5.74, 6) is -1.76. The summed E-state index contributed by atoms with van der Waals surface area (Å²) in [4.78, 5) is 10.6. The minimum Gasteiger partial charge on any atom is -0.481 e. The number of rotatable bonds is 5. The summed E-state index contributed by atoms with van der Waals surface area (Å²) in [5.41, 5.74) is -0.525. The molecule has 0 heterocycles. The van der Waals surface area contributed by atoms with Gasteiger partial charge in [0.1, 0.15) is 0 Å². The number of hydrogen-bond donors (Lipinski definition) is 2. The highest BCUT2D eigenvalue weighted by atomic mass is 16.5. The summed E-state index contributed by atoms with van der Waals surface area (Å²) in [6, 6.07) is 0. The molecule has 4 nitrogen and oxygen atoms in total. The summed E-state index contributed by atoms with van der Waals surface area (Å²) in [6.45, 7) is 3.86. The van der Waals surface area contributed by atoms with E-state index in [9.17, 15) is 4.79 Å². The van der Waals surface area contributed by atoms with Crippen molar-refractivity contribution in [1.82, 2.24) is 0 Å². The van der Waals surface area contributed by atoms with E-state index in [1.54, 1.807) is 13.8 Å². The molecule has 0 saturated carbocycles. The first-order chi connectivity index (χ1) is 5.45. The first kappa shape index (κ1) is 11.1. The lowest BCUT2D eigenvalue weighted by Crippen LogP contribution is -2.35. The average Bonchev–Trinajstić information content (AvgIpc) is 1.86. The van der Waals surface area contributed by atoms with Crippen LogP contribution in [0.25, 0.3) is 0 Å². The second-order valence-corrected chi connectivity index (χ2v) is 3.40. The maximum absolute atomic E-state index is 10.6. The molecule has 0 aliphatic carbocycles. The number of carboxylic acid groups (broad SMARTS) is 1. The predicted molar refractivity (Wildman–Crippen MR) is 45.6 cm³/mol. The number of carboxylic acids is 1. The fourth-order valence-corrected chi connectivity index (χ4v) is 1.09. The van der Waals surface area contributed by atoms with Gasteiger partial charge in [0.25, 0.3) is 0 Å². The average molecular weight is 173 g/mol. The Hall–Kier alpha value is -0.900. The molecule has 1 atom stereocenters. The Morgan fingerprint density at radius 3 is 2.50 bits per heavy atom. The van der Waals surface area contributed by atoms with Crippen molar-refractivity contribution in [1.29, 1.82) is 5.41 Å². The van der Waals surface area contributed by atoms with Crippen LogP contribution in [0.3, 0.4) is 0 Å². The maximum atomic E-state index is 10.6. The maximum Gasteiger partial charge on any atom is 0.312 e. The zero-order chi connectivity index (χ0) is 9.78. The van der Waals surface area contributed by atoms with E-state index < -0.39 is 17.3 Å². The van der Waals surface area contributed by atoms with Gasteiger partial charge in [0.15, 0.2) is 0 Å². The highest BCUT2D eigenvalue weighted by Gasteiger charge is 2.33. The second kappa shape index (κ2) is 4.21. The number of ether oxygens (including phenoxy) is 1. The van der Waals surface area contributed by atoms with Crippen molar-refractivity contribution in [3.05, 3.63) is 0 Å². The van der Waals surface area contributed by atoms with Gasteiger partial charge in [-0.25, -0.2) is 0 Å². The van der Waals surface area contributed by atoms with Crippen LogP contribution in [-0.2, 0) is 9.53 Å². The molecule has 0 aliphatic rings. The van der Waals surface area contributed by atoms with Crippen LogP contribution in [0.4, 0.5) is 0 Å². The van der Waals surface area contributed by atoms with Gasteiger partial charge in [-0.3, -0.25) is 4.79 Å². The van der Waals surface area contributed by atoms with Crippen molar-refractivity contribution in [2.45, 2.75) is 13.8 Å². The van der Waals surface area contributed by atoms with Gasteiger partial charge in [0.05, 0.1) is 12.5 Å². The van der Waals surface area contributed by atoms with Gasteiger partial charge in [-0.05, 0) is 0 Å². The standard InChI is InChI=1S/C8H15NO3/c1-8(2,5-12-3)6(4-9)7(10)11/h4,6,9H,5H2,1-3H3,(H,10,11). The fourth-order valence-electron chi connectivity index (χ4n) is 1.09. The van der Waals surface area contributed by atoms with Crippen LogP contribution in [0.15, 0.2) is 0 Å². The van der Waals surface area contributed by atoms with Crippen molar-refractivity contribution >= 4 is 12.2 Å². The minimum absolute atomic E-state index is 0.333. The molecule has 0 amide bonds. The van der Waals surface area contributed by atoms with Crippen LogP contribution in [0.2, 0.25) is 0 Å². The largest absolute Gasteiger partial charge is 0.481 e. The van der Waals surface area contributed by atoms with E-state index in [-0.39, 0.29) is 0 Å². The molecule has 1 unspecified atom stereocenters. The topological polar surface area (TPSA) is 70.4 Å². The Bertz CT molecular complexity index is 177. The SMILES string of the molecule is COCC(C)(C)C(C=N)C(=O)O. The third-order valence-electron chi connectivity index (χ3n) is 1.79. The van der Waals surface area contributed by atoms with E-state index >= 15 is 0 Å². The summed E-state index contributed by atoms with van der Waals surface area (Å²) < 4.78 is 4.87. The van der Waals surface area contributed by atoms with Crippen LogP contribution in [0.1, 0.15) is 13.8 Å². The van der Waals surface area contributed by atoms with Gasteiger partial charge < -0.3 is 15.3 Å². The number of hydrogen-bond acceptors (Lipinski definition) is 3. The predicted octanol–water partition coefficient (Wildman–Crippen LogP) is 1.01. The first-order valence-electron chi connectivity index (χ1n) is 3.68. The molecule has 2 N–H and O–H groups in total. The summed E-state index contributed by atoms with van der Waals surface area (Å²) >= 11 is 0. The number of methoxy groups -OCH3 is 1. The highest BCUT2D eigenvalue weighted by Crippen LogP contribution is 2.25. The zero-order valence-corrected chi connectivity index (χ0v) is 7.63. The second-order valence-electron chi connectivity index (χ2n) is 3.40. The summed E-state index contributed by atoms with van der Waals surface area (Å²) in [5, 5.41) is 15.7. The Kier molecular flexibility index (Phi) is 3.89. The van der Waals surface area contributed by atoms with Crippen LogP contribution in [0, 0.1) is 16.7 Å². The molecule has 0 radical (unpaired) electrons. The summed E-state index contributed by atoms with van der Waals surface area (Å²) in [6.07, 6.45) is 0.946. The Morgan fingerprint density at radius 1 is 1.75 bits per heavy atom. The van der Waals surface area contributed by atoms with Crippen LogP contribution in [-0.4, -0.2) is 31.0 Å². The van der Waals surface area contributed by atoms with Crippen LogP contribution in [0.5, 0.6) is 0 Å². The molecule has 0 spiro atoms. The molecule has 0 aromatic carbocycles. The smallest absolute Gasteiger partial charge is 0.312 e. The molecule has 0 bridgehead atoms. The zero-order valence-electron chi connectivity index (χ0n) is 7.63. The van der Waals surface area contributed by atoms with Crippen LogP contribution < -0.4 is 0 Å². The molecule has 70 valence electrons. The molecule has 0 aromatic rings. The fraction of sp³-hybridized carbons (Fsp3) is 0.750. The lowest BCUT2D eigenvalue weighted by molar-refractivity contribution is -0.143. The van der Waals surface area contributed by atoms with E-state index in [0.717, 1.165) is 6.21 Å². The van der Waals surface area contributed by atoms with E-state index in [2.05, 4.69) is 0 Å². The molecule has 0 aromatic heterocycles. The van der Waals surface area contributed by atoms with Crippen molar-refractivity contribution in [2.24, 2.45) is 11.3 Å². The van der Waals surface area contributed by atoms with E-state index in [4.69, 9.17) is 15.3 Å². The van der Waals surface area contributed by atoms with Gasteiger partial charge in [-0.15, -0.1) is 0 Å².